The van der Waals surface area contributed by atoms with Gasteiger partial charge in [0.25, 0.3) is 0 Å². The number of hydrogen-bond acceptors (Lipinski definition) is 1. The molecule has 1 unspecified atom stereocenters. The first-order valence-corrected chi connectivity index (χ1v) is 5.78. The van der Waals surface area contributed by atoms with Gasteiger partial charge in [0.2, 0.25) is 0 Å². The molecule has 0 amide bonds. The van der Waals surface area contributed by atoms with E-state index in [9.17, 15) is 0 Å². The molecule has 0 saturated heterocycles. The lowest BCUT2D eigenvalue weighted by Crippen LogP contribution is -2.32. The lowest BCUT2D eigenvalue weighted by atomic mass is 10.1. The maximum atomic E-state index is 2.49. The van der Waals surface area contributed by atoms with E-state index < -0.39 is 0 Å². The molecule has 0 aromatic carbocycles. The summed E-state index contributed by atoms with van der Waals surface area (Å²) >= 11 is 0. The van der Waals surface area contributed by atoms with Crippen LogP contribution in [0, 0.1) is 5.92 Å². The smallest absolute Gasteiger partial charge is 0.00639 e. The van der Waals surface area contributed by atoms with Crippen molar-refractivity contribution < 1.29 is 0 Å². The fourth-order valence-corrected chi connectivity index (χ4v) is 1.67. The molecule has 0 aromatic rings. The van der Waals surface area contributed by atoms with E-state index in [0.29, 0.717) is 0 Å². The molecule has 80 valence electrons. The molecule has 0 aromatic heterocycles. The van der Waals surface area contributed by atoms with Gasteiger partial charge in [0, 0.05) is 12.6 Å². The van der Waals surface area contributed by atoms with Crippen LogP contribution in [0.5, 0.6) is 0 Å². The highest BCUT2D eigenvalue weighted by atomic mass is 15.1. The zero-order valence-corrected chi connectivity index (χ0v) is 10.1. The minimum atomic E-state index is 0.758. The van der Waals surface area contributed by atoms with Gasteiger partial charge in [-0.2, -0.15) is 0 Å². The third-order valence-electron chi connectivity index (χ3n) is 2.63. The van der Waals surface area contributed by atoms with Gasteiger partial charge in [-0.3, -0.25) is 0 Å². The Labute approximate surface area is 84.5 Å². The molecular formula is C12H27N. The molecular weight excluding hydrogens is 158 g/mol. The molecule has 0 heterocycles. The van der Waals surface area contributed by atoms with E-state index in [2.05, 4.69) is 39.6 Å². The minimum Gasteiger partial charge on any atom is -0.303 e. The van der Waals surface area contributed by atoms with Crippen molar-refractivity contribution in [3.63, 3.8) is 0 Å². The summed E-state index contributed by atoms with van der Waals surface area (Å²) in [5, 5.41) is 0. The Morgan fingerprint density at radius 2 is 1.69 bits per heavy atom. The number of unbranched alkanes of at least 4 members (excludes halogenated alkanes) is 2. The van der Waals surface area contributed by atoms with Crippen LogP contribution in [0.1, 0.15) is 53.4 Å². The summed E-state index contributed by atoms with van der Waals surface area (Å²) in [6, 6.07) is 0.758. The average molecular weight is 185 g/mol. The highest BCUT2D eigenvalue weighted by Gasteiger charge is 2.09. The van der Waals surface area contributed by atoms with Gasteiger partial charge in [-0.15, -0.1) is 0 Å². The predicted molar refractivity (Wildman–Crippen MR) is 61.1 cm³/mol. The van der Waals surface area contributed by atoms with Crippen LogP contribution < -0.4 is 0 Å². The number of hydrogen-bond donors (Lipinski definition) is 0. The highest BCUT2D eigenvalue weighted by molar-refractivity contribution is 4.64. The van der Waals surface area contributed by atoms with Crippen molar-refractivity contribution in [3.8, 4) is 0 Å². The highest BCUT2D eigenvalue weighted by Crippen LogP contribution is 2.09. The zero-order valence-electron chi connectivity index (χ0n) is 10.1. The summed E-state index contributed by atoms with van der Waals surface area (Å²) in [7, 11) is 2.25. The summed E-state index contributed by atoms with van der Waals surface area (Å²) in [6.45, 7) is 10.4. The molecule has 0 bridgehead atoms. The third-order valence-corrected chi connectivity index (χ3v) is 2.63. The summed E-state index contributed by atoms with van der Waals surface area (Å²) in [5.41, 5.74) is 0. The summed E-state index contributed by atoms with van der Waals surface area (Å²) < 4.78 is 0. The van der Waals surface area contributed by atoms with Crippen LogP contribution in [-0.4, -0.2) is 24.5 Å². The summed E-state index contributed by atoms with van der Waals surface area (Å²) in [4.78, 5) is 2.49. The first-order chi connectivity index (χ1) is 6.07. The molecule has 0 fully saturated rings. The zero-order chi connectivity index (χ0) is 10.3. The molecule has 13 heavy (non-hydrogen) atoms. The van der Waals surface area contributed by atoms with E-state index in [1.54, 1.807) is 0 Å². The molecule has 1 atom stereocenters. The van der Waals surface area contributed by atoms with Gasteiger partial charge < -0.3 is 4.90 Å². The average Bonchev–Trinajstić information content (AvgIpc) is 2.03. The Kier molecular flexibility index (Phi) is 7.35. The van der Waals surface area contributed by atoms with E-state index in [-0.39, 0.29) is 0 Å². The maximum absolute atomic E-state index is 2.49. The number of rotatable bonds is 7. The largest absolute Gasteiger partial charge is 0.303 e. The topological polar surface area (TPSA) is 3.24 Å². The quantitative estimate of drug-likeness (QED) is 0.548. The normalized spacial score (nSPS) is 14.1. The molecule has 0 aliphatic heterocycles. The van der Waals surface area contributed by atoms with Gasteiger partial charge in [0.15, 0.2) is 0 Å². The summed E-state index contributed by atoms with van der Waals surface area (Å²) in [5.74, 6) is 0.790. The maximum Gasteiger partial charge on any atom is 0.00639 e. The molecule has 0 saturated carbocycles. The second kappa shape index (κ2) is 7.37. The second-order valence-corrected chi connectivity index (χ2v) is 4.68. The van der Waals surface area contributed by atoms with Crippen LogP contribution in [0.3, 0.4) is 0 Å². The molecule has 0 aliphatic carbocycles. The van der Waals surface area contributed by atoms with E-state index in [0.717, 1.165) is 12.0 Å². The lowest BCUT2D eigenvalue weighted by molar-refractivity contribution is 0.217. The van der Waals surface area contributed by atoms with Gasteiger partial charge in [-0.05, 0) is 26.3 Å². The minimum absolute atomic E-state index is 0.758. The van der Waals surface area contributed by atoms with Gasteiger partial charge in [0.05, 0.1) is 0 Å². The Hall–Kier alpha value is -0.0400. The Morgan fingerprint density at radius 1 is 1.08 bits per heavy atom. The molecule has 1 nitrogen and oxygen atoms in total. The molecule has 0 aliphatic rings. The van der Waals surface area contributed by atoms with Crippen LogP contribution in [0.4, 0.5) is 0 Å². The van der Waals surface area contributed by atoms with Crippen molar-refractivity contribution in [1.29, 1.82) is 0 Å². The van der Waals surface area contributed by atoms with Gasteiger partial charge in [0.1, 0.15) is 0 Å². The van der Waals surface area contributed by atoms with Gasteiger partial charge in [-0.25, -0.2) is 0 Å². The van der Waals surface area contributed by atoms with E-state index >= 15 is 0 Å². The van der Waals surface area contributed by atoms with Crippen LogP contribution in [0.2, 0.25) is 0 Å². The predicted octanol–water partition coefficient (Wildman–Crippen LogP) is 3.54. The van der Waals surface area contributed by atoms with Crippen molar-refractivity contribution in [3.05, 3.63) is 0 Å². The van der Waals surface area contributed by atoms with Crippen LogP contribution in [0.15, 0.2) is 0 Å². The monoisotopic (exact) mass is 185 g/mol. The summed E-state index contributed by atoms with van der Waals surface area (Å²) in [6.07, 6.45) is 5.47. The molecule has 0 rings (SSSR count). The third kappa shape index (κ3) is 7.06. The van der Waals surface area contributed by atoms with Crippen molar-refractivity contribution >= 4 is 0 Å². The van der Waals surface area contributed by atoms with Crippen LogP contribution in [-0.2, 0) is 0 Å². The van der Waals surface area contributed by atoms with Crippen molar-refractivity contribution in [2.24, 2.45) is 5.92 Å². The number of nitrogens with zero attached hydrogens (tertiary/aromatic N) is 1. The standard InChI is InChI=1S/C12H27N/c1-6-7-8-9-12(4)13(5)10-11(2)3/h11-12H,6-10H2,1-5H3. The Bertz CT molecular complexity index is 110. The molecule has 1 heteroatoms. The fraction of sp³-hybridized carbons (Fsp3) is 1.00. The molecule has 0 N–H and O–H groups in total. The van der Waals surface area contributed by atoms with Crippen LogP contribution >= 0.6 is 0 Å². The van der Waals surface area contributed by atoms with E-state index in [4.69, 9.17) is 0 Å². The molecule has 0 radical (unpaired) electrons. The fourth-order valence-electron chi connectivity index (χ4n) is 1.67. The van der Waals surface area contributed by atoms with E-state index in [1.165, 1.54) is 32.2 Å². The van der Waals surface area contributed by atoms with E-state index in [1.807, 2.05) is 0 Å². The lowest BCUT2D eigenvalue weighted by Gasteiger charge is -2.26. The Balaban J connectivity index is 3.50. The van der Waals surface area contributed by atoms with Crippen molar-refractivity contribution in [2.45, 2.75) is 59.4 Å². The SMILES string of the molecule is CCCCCC(C)N(C)CC(C)C. The Morgan fingerprint density at radius 3 is 2.15 bits per heavy atom. The first-order valence-electron chi connectivity index (χ1n) is 5.78. The van der Waals surface area contributed by atoms with Gasteiger partial charge >= 0.3 is 0 Å². The van der Waals surface area contributed by atoms with Crippen LogP contribution in [0.25, 0.3) is 0 Å². The first kappa shape index (κ1) is 13.0. The molecule has 0 spiro atoms. The van der Waals surface area contributed by atoms with Crippen molar-refractivity contribution in [2.75, 3.05) is 13.6 Å². The second-order valence-electron chi connectivity index (χ2n) is 4.68. The van der Waals surface area contributed by atoms with Crippen molar-refractivity contribution in [1.82, 2.24) is 4.90 Å². The van der Waals surface area contributed by atoms with Gasteiger partial charge in [-0.1, -0.05) is 40.0 Å².